The number of rotatable bonds is 6. The summed E-state index contributed by atoms with van der Waals surface area (Å²) in [6.45, 7) is 3.37. The number of anilines is 2. The molecule has 5 nitrogen and oxygen atoms in total. The molecule has 3 N–H and O–H groups in total. The van der Waals surface area contributed by atoms with Gasteiger partial charge >= 0.3 is 6.18 Å². The number of hydrogen-bond donors (Lipinski definition) is 2. The predicted octanol–water partition coefficient (Wildman–Crippen LogP) is 2.41. The van der Waals surface area contributed by atoms with E-state index in [4.69, 9.17) is 5.84 Å². The fourth-order valence-corrected chi connectivity index (χ4v) is 1.99. The van der Waals surface area contributed by atoms with Gasteiger partial charge in [0.25, 0.3) is 0 Å². The Morgan fingerprint density at radius 2 is 2.10 bits per heavy atom. The minimum Gasteiger partial charge on any atom is -0.356 e. The molecule has 8 heteroatoms. The normalized spacial score (nSPS) is 15.2. The molecular weight excluding hydrogens is 271 g/mol. The van der Waals surface area contributed by atoms with E-state index in [9.17, 15) is 13.2 Å². The fourth-order valence-electron chi connectivity index (χ4n) is 1.99. The number of alkyl halides is 3. The molecule has 0 atom stereocenters. The summed E-state index contributed by atoms with van der Waals surface area (Å²) in [6, 6.07) is 0.985. The summed E-state index contributed by atoms with van der Waals surface area (Å²) in [5.74, 6) is 5.77. The molecule has 0 amide bonds. The Morgan fingerprint density at radius 3 is 2.60 bits per heavy atom. The maximum Gasteiger partial charge on any atom is 0.433 e. The second-order valence-electron chi connectivity index (χ2n) is 4.97. The highest BCUT2D eigenvalue weighted by atomic mass is 19.4. The van der Waals surface area contributed by atoms with E-state index in [2.05, 4.69) is 15.4 Å². The van der Waals surface area contributed by atoms with E-state index in [1.165, 1.54) is 0 Å². The lowest BCUT2D eigenvalue weighted by atomic mass is 10.3. The van der Waals surface area contributed by atoms with Crippen LogP contribution in [-0.2, 0) is 6.18 Å². The third-order valence-corrected chi connectivity index (χ3v) is 3.13. The molecule has 0 spiro atoms. The summed E-state index contributed by atoms with van der Waals surface area (Å²) >= 11 is 0. The molecule has 2 rings (SSSR count). The van der Waals surface area contributed by atoms with E-state index in [1.807, 2.05) is 11.8 Å². The molecule has 1 heterocycles. The maximum absolute atomic E-state index is 12.8. The molecular formula is C12H18F3N5. The van der Waals surface area contributed by atoms with Gasteiger partial charge in [-0.3, -0.25) is 5.43 Å². The van der Waals surface area contributed by atoms with Crippen LogP contribution in [0.5, 0.6) is 0 Å². The highest BCUT2D eigenvalue weighted by molar-refractivity contribution is 5.45. The van der Waals surface area contributed by atoms with Gasteiger partial charge in [-0.15, -0.1) is 0 Å². The zero-order valence-corrected chi connectivity index (χ0v) is 11.2. The van der Waals surface area contributed by atoms with Crippen LogP contribution in [0.25, 0.3) is 0 Å². The summed E-state index contributed by atoms with van der Waals surface area (Å²) in [7, 11) is 0. The van der Waals surface area contributed by atoms with E-state index in [-0.39, 0.29) is 11.8 Å². The van der Waals surface area contributed by atoms with Crippen molar-refractivity contribution in [1.29, 1.82) is 0 Å². The van der Waals surface area contributed by atoms with Crippen molar-refractivity contribution in [1.82, 2.24) is 9.97 Å². The second-order valence-corrected chi connectivity index (χ2v) is 4.97. The molecule has 0 aliphatic heterocycles. The molecule has 0 saturated heterocycles. The minimum absolute atomic E-state index is 0.216. The first-order valence-corrected chi connectivity index (χ1v) is 6.62. The van der Waals surface area contributed by atoms with Crippen molar-refractivity contribution in [3.8, 4) is 0 Å². The number of nitrogens with zero attached hydrogens (tertiary/aromatic N) is 3. The smallest absolute Gasteiger partial charge is 0.356 e. The molecule has 1 aromatic rings. The largest absolute Gasteiger partial charge is 0.433 e. The van der Waals surface area contributed by atoms with Gasteiger partial charge in [0.1, 0.15) is 5.82 Å². The average molecular weight is 289 g/mol. The highest BCUT2D eigenvalue weighted by Crippen LogP contribution is 2.33. The van der Waals surface area contributed by atoms with E-state index in [1.54, 1.807) is 0 Å². The van der Waals surface area contributed by atoms with Crippen LogP contribution < -0.4 is 16.2 Å². The average Bonchev–Trinajstić information content (AvgIpc) is 3.20. The van der Waals surface area contributed by atoms with E-state index in [0.717, 1.165) is 31.9 Å². The van der Waals surface area contributed by atoms with Gasteiger partial charge < -0.3 is 4.90 Å². The number of nitrogens with one attached hydrogen (secondary N) is 1. The standard InChI is InChI=1S/C12H18F3N5/c1-2-5-20(7-8-3-4-8)10-6-9(12(13,14)15)17-11(18-10)19-16/h6,8H,2-5,7,16H2,1H3,(H,17,18,19). The molecule has 1 saturated carbocycles. The van der Waals surface area contributed by atoms with Gasteiger partial charge in [0.05, 0.1) is 0 Å². The van der Waals surface area contributed by atoms with Crippen LogP contribution in [0.2, 0.25) is 0 Å². The number of nitrogen functional groups attached to an aromatic ring is 1. The Balaban J connectivity index is 2.31. The Kier molecular flexibility index (Phi) is 4.32. The Labute approximate surface area is 115 Å². The van der Waals surface area contributed by atoms with Crippen LogP contribution in [0, 0.1) is 5.92 Å². The number of nitrogens with two attached hydrogens (primary N) is 1. The summed E-state index contributed by atoms with van der Waals surface area (Å²) in [6.07, 6.45) is -1.43. The molecule has 1 aliphatic rings. The molecule has 0 aromatic carbocycles. The fraction of sp³-hybridized carbons (Fsp3) is 0.667. The number of hydrazine groups is 1. The van der Waals surface area contributed by atoms with Gasteiger partial charge in [0.15, 0.2) is 5.69 Å². The van der Waals surface area contributed by atoms with Crippen LogP contribution in [0.15, 0.2) is 6.07 Å². The first kappa shape index (κ1) is 14.8. The van der Waals surface area contributed by atoms with Crippen LogP contribution in [0.4, 0.5) is 24.9 Å². The highest BCUT2D eigenvalue weighted by Gasteiger charge is 2.34. The van der Waals surface area contributed by atoms with Gasteiger partial charge in [-0.25, -0.2) is 10.8 Å². The summed E-state index contributed by atoms with van der Waals surface area (Å²) in [5, 5.41) is 0. The predicted molar refractivity (Wildman–Crippen MR) is 70.1 cm³/mol. The van der Waals surface area contributed by atoms with Crippen molar-refractivity contribution >= 4 is 11.8 Å². The molecule has 0 bridgehead atoms. The third kappa shape index (κ3) is 3.72. The van der Waals surface area contributed by atoms with E-state index in [0.29, 0.717) is 12.5 Å². The monoisotopic (exact) mass is 289 g/mol. The van der Waals surface area contributed by atoms with Crippen molar-refractivity contribution in [3.63, 3.8) is 0 Å². The minimum atomic E-state index is -4.51. The topological polar surface area (TPSA) is 67.1 Å². The van der Waals surface area contributed by atoms with Gasteiger partial charge in [-0.2, -0.15) is 18.2 Å². The van der Waals surface area contributed by atoms with Crippen LogP contribution in [0.3, 0.4) is 0 Å². The van der Waals surface area contributed by atoms with Gasteiger partial charge in [0.2, 0.25) is 5.95 Å². The number of hydrogen-bond acceptors (Lipinski definition) is 5. The SMILES string of the molecule is CCCN(CC1CC1)c1cc(C(F)(F)F)nc(NN)n1. The first-order valence-electron chi connectivity index (χ1n) is 6.62. The Bertz CT molecular complexity index is 459. The van der Waals surface area contributed by atoms with Crippen LogP contribution in [-0.4, -0.2) is 23.1 Å². The molecule has 112 valence electrons. The van der Waals surface area contributed by atoms with Gasteiger partial charge in [-0.1, -0.05) is 6.92 Å². The van der Waals surface area contributed by atoms with Gasteiger partial charge in [-0.05, 0) is 25.2 Å². The third-order valence-electron chi connectivity index (χ3n) is 3.13. The Hall–Kier alpha value is -1.57. The molecule has 1 fully saturated rings. The maximum atomic E-state index is 12.8. The van der Waals surface area contributed by atoms with Crippen molar-refractivity contribution < 1.29 is 13.2 Å². The molecule has 1 aliphatic carbocycles. The van der Waals surface area contributed by atoms with Crippen LogP contribution in [0.1, 0.15) is 31.9 Å². The molecule has 0 unspecified atom stereocenters. The quantitative estimate of drug-likeness (QED) is 0.622. The Morgan fingerprint density at radius 1 is 1.40 bits per heavy atom. The van der Waals surface area contributed by atoms with E-state index < -0.39 is 11.9 Å². The lowest BCUT2D eigenvalue weighted by Gasteiger charge is -2.24. The van der Waals surface area contributed by atoms with Crippen LogP contribution >= 0.6 is 0 Å². The first-order chi connectivity index (χ1) is 9.44. The molecule has 1 aromatic heterocycles. The zero-order valence-electron chi connectivity index (χ0n) is 11.2. The molecule has 0 radical (unpaired) electrons. The zero-order chi connectivity index (χ0) is 14.8. The number of aromatic nitrogens is 2. The summed E-state index contributed by atoms with van der Waals surface area (Å²) < 4.78 is 38.5. The summed E-state index contributed by atoms with van der Waals surface area (Å²) in [4.78, 5) is 9.28. The number of halogens is 3. The van der Waals surface area contributed by atoms with Gasteiger partial charge in [0, 0.05) is 19.2 Å². The summed E-state index contributed by atoms with van der Waals surface area (Å²) in [5.41, 5.74) is 1.12. The van der Waals surface area contributed by atoms with E-state index >= 15 is 0 Å². The van der Waals surface area contributed by atoms with Crippen molar-refractivity contribution in [2.45, 2.75) is 32.4 Å². The lowest BCUT2D eigenvalue weighted by Crippen LogP contribution is -2.29. The van der Waals surface area contributed by atoms with Crippen molar-refractivity contribution in [3.05, 3.63) is 11.8 Å². The lowest BCUT2D eigenvalue weighted by molar-refractivity contribution is -0.141. The molecule has 20 heavy (non-hydrogen) atoms. The van der Waals surface area contributed by atoms with Crippen molar-refractivity contribution in [2.75, 3.05) is 23.4 Å². The van der Waals surface area contributed by atoms with Crippen molar-refractivity contribution in [2.24, 2.45) is 11.8 Å². The second kappa shape index (κ2) is 5.82.